The fourth-order valence-corrected chi connectivity index (χ4v) is 4.29. The van der Waals surface area contributed by atoms with E-state index in [1.807, 2.05) is 36.5 Å². The van der Waals surface area contributed by atoms with Gasteiger partial charge in [0.2, 0.25) is 5.67 Å². The van der Waals surface area contributed by atoms with Crippen LogP contribution in [0.2, 0.25) is 0 Å². The van der Waals surface area contributed by atoms with Crippen molar-refractivity contribution in [3.05, 3.63) is 48.0 Å². The van der Waals surface area contributed by atoms with Gasteiger partial charge in [0.15, 0.2) is 11.3 Å². The van der Waals surface area contributed by atoms with Crippen LogP contribution < -0.4 is 10.6 Å². The number of hydrogen-bond donors (Lipinski definition) is 2. The van der Waals surface area contributed by atoms with Crippen molar-refractivity contribution in [1.29, 1.82) is 5.26 Å². The zero-order valence-electron chi connectivity index (χ0n) is 16.1. The number of fused-ring (bicyclic) bond motifs is 1. The average molecular weight is 423 g/mol. The highest BCUT2D eigenvalue weighted by molar-refractivity contribution is 7.22. The van der Waals surface area contributed by atoms with Gasteiger partial charge in [-0.05, 0) is 35.4 Å². The molecule has 1 unspecified atom stereocenters. The molecule has 1 aliphatic heterocycles. The summed E-state index contributed by atoms with van der Waals surface area (Å²) in [5, 5.41) is 14.4. The monoisotopic (exact) mass is 423 g/mol. The third-order valence-electron chi connectivity index (χ3n) is 5.06. The van der Waals surface area contributed by atoms with Crippen molar-refractivity contribution < 1.29 is 14.0 Å². The summed E-state index contributed by atoms with van der Waals surface area (Å²) in [5.41, 5.74) is 0.918. The molecule has 0 spiro atoms. The molecule has 9 heteroatoms. The second-order valence-corrected chi connectivity index (χ2v) is 8.08. The van der Waals surface area contributed by atoms with E-state index in [2.05, 4.69) is 15.6 Å². The minimum absolute atomic E-state index is 0.0247. The van der Waals surface area contributed by atoms with E-state index in [1.54, 1.807) is 19.2 Å². The molecule has 2 amide bonds. The summed E-state index contributed by atoms with van der Waals surface area (Å²) in [7, 11) is 1.58. The number of benzene rings is 2. The van der Waals surface area contributed by atoms with Crippen molar-refractivity contribution in [3.63, 3.8) is 0 Å². The molecule has 0 radical (unpaired) electrons. The Hall–Kier alpha value is -3.51. The molecule has 30 heavy (non-hydrogen) atoms. The van der Waals surface area contributed by atoms with Crippen LogP contribution in [0.4, 0.5) is 9.52 Å². The first-order valence-electron chi connectivity index (χ1n) is 9.30. The lowest BCUT2D eigenvalue weighted by Gasteiger charge is -2.16. The summed E-state index contributed by atoms with van der Waals surface area (Å²) in [6, 6.07) is 12.9. The number of alkyl halides is 1. The van der Waals surface area contributed by atoms with E-state index in [4.69, 9.17) is 5.26 Å². The zero-order valence-corrected chi connectivity index (χ0v) is 16.9. The van der Waals surface area contributed by atoms with Crippen molar-refractivity contribution in [3.8, 4) is 17.3 Å². The molecule has 7 nitrogen and oxygen atoms in total. The molecule has 2 N–H and O–H groups in total. The van der Waals surface area contributed by atoms with E-state index in [0.717, 1.165) is 15.8 Å². The van der Waals surface area contributed by atoms with Gasteiger partial charge in [0.25, 0.3) is 11.8 Å². The van der Waals surface area contributed by atoms with Crippen LogP contribution >= 0.6 is 11.3 Å². The number of thiazole rings is 1. The Morgan fingerprint density at radius 3 is 2.80 bits per heavy atom. The van der Waals surface area contributed by atoms with Gasteiger partial charge in [-0.25, -0.2) is 9.37 Å². The van der Waals surface area contributed by atoms with Crippen molar-refractivity contribution in [2.24, 2.45) is 0 Å². The third kappa shape index (κ3) is 3.69. The molecule has 0 bridgehead atoms. The van der Waals surface area contributed by atoms with E-state index in [1.165, 1.54) is 16.2 Å². The number of rotatable bonds is 4. The van der Waals surface area contributed by atoms with Crippen molar-refractivity contribution in [1.82, 2.24) is 15.2 Å². The minimum atomic E-state index is -2.10. The largest absolute Gasteiger partial charge is 0.355 e. The molecule has 0 aliphatic carbocycles. The highest BCUT2D eigenvalue weighted by Gasteiger charge is 2.45. The number of carbonyl (C=O) groups is 2. The van der Waals surface area contributed by atoms with Gasteiger partial charge in [-0.2, -0.15) is 5.26 Å². The van der Waals surface area contributed by atoms with Gasteiger partial charge in [-0.15, -0.1) is 0 Å². The van der Waals surface area contributed by atoms with Crippen LogP contribution in [-0.4, -0.2) is 47.5 Å². The molecule has 4 rings (SSSR count). The van der Waals surface area contributed by atoms with Crippen LogP contribution in [-0.2, 0) is 4.79 Å². The maximum Gasteiger partial charge on any atom is 0.265 e. The van der Waals surface area contributed by atoms with Crippen LogP contribution in [0, 0.1) is 11.5 Å². The molecule has 152 valence electrons. The quantitative estimate of drug-likeness (QED) is 0.628. The van der Waals surface area contributed by atoms with Crippen molar-refractivity contribution >= 4 is 38.5 Å². The first-order valence-corrected chi connectivity index (χ1v) is 10.1. The summed E-state index contributed by atoms with van der Waals surface area (Å²) < 4.78 is 15.7. The Balaban J connectivity index is 1.57. The van der Waals surface area contributed by atoms with Gasteiger partial charge in [0.05, 0.1) is 16.8 Å². The zero-order chi connectivity index (χ0) is 21.3. The Morgan fingerprint density at radius 2 is 2.07 bits per heavy atom. The van der Waals surface area contributed by atoms with Crippen LogP contribution in [0.1, 0.15) is 16.8 Å². The van der Waals surface area contributed by atoms with Gasteiger partial charge >= 0.3 is 0 Å². The van der Waals surface area contributed by atoms with Crippen LogP contribution in [0.5, 0.6) is 0 Å². The van der Waals surface area contributed by atoms with Crippen molar-refractivity contribution in [2.45, 2.75) is 12.1 Å². The van der Waals surface area contributed by atoms with Gasteiger partial charge in [0, 0.05) is 25.6 Å². The SMILES string of the molecule is CNC(=O)c1cccc(-c2ccc3nc(NC(=O)C4(F)CCN(C#N)C4)sc3c2)c1. The number of aromatic nitrogens is 1. The van der Waals surface area contributed by atoms with E-state index in [-0.39, 0.29) is 25.4 Å². The van der Waals surface area contributed by atoms with E-state index >= 15 is 0 Å². The number of likely N-dealkylation sites (tertiary alicyclic amines) is 1. The second-order valence-electron chi connectivity index (χ2n) is 7.05. The number of nitrogens with one attached hydrogen (secondary N) is 2. The fourth-order valence-electron chi connectivity index (χ4n) is 3.39. The number of halogens is 1. The molecule has 1 aliphatic rings. The molecule has 2 aromatic carbocycles. The number of anilines is 1. The number of amides is 2. The lowest BCUT2D eigenvalue weighted by Crippen LogP contribution is -2.40. The molecule has 1 fully saturated rings. The molecular weight excluding hydrogens is 405 g/mol. The maximum absolute atomic E-state index is 14.8. The Kier molecular flexibility index (Phi) is 5.10. The van der Waals surface area contributed by atoms with Gasteiger partial charge in [-0.1, -0.05) is 29.5 Å². The van der Waals surface area contributed by atoms with Crippen LogP contribution in [0.25, 0.3) is 21.3 Å². The number of carbonyl (C=O) groups excluding carboxylic acids is 2. The molecule has 1 saturated heterocycles. The highest BCUT2D eigenvalue weighted by Crippen LogP contribution is 2.32. The van der Waals surface area contributed by atoms with Crippen molar-refractivity contribution in [2.75, 3.05) is 25.5 Å². The lowest BCUT2D eigenvalue weighted by atomic mass is 10.0. The Morgan fingerprint density at radius 1 is 1.27 bits per heavy atom. The average Bonchev–Trinajstić information content (AvgIpc) is 3.36. The fraction of sp³-hybridized carbons (Fsp3) is 0.238. The van der Waals surface area contributed by atoms with Crippen LogP contribution in [0.3, 0.4) is 0 Å². The topological polar surface area (TPSA) is 98.1 Å². The standard InChI is InChI=1S/C21H18FN5O2S/c1-24-18(28)15-4-2-3-13(9-15)14-5-6-16-17(10-14)30-20(25-16)26-19(29)21(22)7-8-27(11-21)12-23/h2-6,9-10H,7-8,11H2,1H3,(H,24,28)(H,25,26,29). The normalized spacial score (nSPS) is 18.2. The lowest BCUT2D eigenvalue weighted by molar-refractivity contribution is -0.126. The van der Waals surface area contributed by atoms with E-state index in [9.17, 15) is 14.0 Å². The molecule has 3 aromatic rings. The first-order chi connectivity index (χ1) is 14.4. The molecule has 0 saturated carbocycles. The van der Waals surface area contributed by atoms with Gasteiger partial charge in [0.1, 0.15) is 0 Å². The first kappa shape index (κ1) is 19.8. The summed E-state index contributed by atoms with van der Waals surface area (Å²) in [4.78, 5) is 29.9. The Labute approximate surface area is 176 Å². The number of nitrogens with zero attached hydrogens (tertiary/aromatic N) is 3. The van der Waals surface area contributed by atoms with Crippen LogP contribution in [0.15, 0.2) is 42.5 Å². The maximum atomic E-state index is 14.8. The van der Waals surface area contributed by atoms with E-state index < -0.39 is 11.6 Å². The predicted molar refractivity (Wildman–Crippen MR) is 113 cm³/mol. The van der Waals surface area contributed by atoms with Gasteiger partial charge in [-0.3, -0.25) is 14.9 Å². The molecular formula is C21H18FN5O2S. The van der Waals surface area contributed by atoms with E-state index in [0.29, 0.717) is 16.2 Å². The van der Waals surface area contributed by atoms with Gasteiger partial charge < -0.3 is 10.2 Å². The summed E-state index contributed by atoms with van der Waals surface area (Å²) in [5.74, 6) is -0.944. The minimum Gasteiger partial charge on any atom is -0.355 e. The second kappa shape index (κ2) is 7.72. The third-order valence-corrected chi connectivity index (χ3v) is 6.00. The molecule has 2 heterocycles. The summed E-state index contributed by atoms with van der Waals surface area (Å²) in [6.07, 6.45) is 1.85. The highest BCUT2D eigenvalue weighted by atomic mass is 32.1. The molecule has 1 aromatic heterocycles. The predicted octanol–water partition coefficient (Wildman–Crippen LogP) is 3.16. The summed E-state index contributed by atoms with van der Waals surface area (Å²) >= 11 is 1.25. The smallest absolute Gasteiger partial charge is 0.265 e. The Bertz CT molecular complexity index is 1190. The molecule has 1 atom stereocenters. The number of nitriles is 1. The summed E-state index contributed by atoms with van der Waals surface area (Å²) in [6.45, 7) is -0.0230. The number of hydrogen-bond acceptors (Lipinski definition) is 6.